The fraction of sp³-hybridized carbons (Fsp3) is 0.273. The fourth-order valence-electron chi connectivity index (χ4n) is 1.11. The average Bonchev–Trinajstić information content (AvgIpc) is 2.19. The van der Waals surface area contributed by atoms with Gasteiger partial charge in [-0.3, -0.25) is 9.59 Å². The molecule has 16 heavy (non-hydrogen) atoms. The van der Waals surface area contributed by atoms with E-state index in [1.807, 2.05) is 0 Å². The summed E-state index contributed by atoms with van der Waals surface area (Å²) < 4.78 is 5.26. The molecule has 0 saturated heterocycles. The van der Waals surface area contributed by atoms with Gasteiger partial charge in [0.2, 0.25) is 11.8 Å². The van der Waals surface area contributed by atoms with Gasteiger partial charge in [-0.25, -0.2) is 0 Å². The monoisotopic (exact) mass is 222 g/mol. The molecule has 0 aliphatic carbocycles. The molecule has 0 unspecified atom stereocenters. The lowest BCUT2D eigenvalue weighted by Gasteiger charge is -2.06. The molecular formula is C11H14N2O3. The normalized spacial score (nSPS) is 9.56. The van der Waals surface area contributed by atoms with Crippen molar-refractivity contribution in [3.8, 4) is 5.75 Å². The smallest absolute Gasteiger partial charge is 0.221 e. The molecule has 5 nitrogen and oxygen atoms in total. The molecule has 0 aliphatic rings. The SMILES string of the molecule is CC(=O)Nc1ccc(OCCC(N)=O)cc1. The molecule has 0 atom stereocenters. The summed E-state index contributed by atoms with van der Waals surface area (Å²) >= 11 is 0. The van der Waals surface area contributed by atoms with Crippen LogP contribution in [0.2, 0.25) is 0 Å². The third kappa shape index (κ3) is 4.45. The van der Waals surface area contributed by atoms with E-state index in [9.17, 15) is 9.59 Å². The maximum absolute atomic E-state index is 10.8. The Bertz CT molecular complexity index is 373. The summed E-state index contributed by atoms with van der Waals surface area (Å²) in [4.78, 5) is 21.2. The van der Waals surface area contributed by atoms with Crippen molar-refractivity contribution in [2.75, 3.05) is 11.9 Å². The molecule has 0 aliphatic heterocycles. The third-order valence-corrected chi connectivity index (χ3v) is 1.79. The van der Waals surface area contributed by atoms with Gasteiger partial charge in [-0.15, -0.1) is 0 Å². The number of anilines is 1. The lowest BCUT2D eigenvalue weighted by atomic mass is 10.3. The van der Waals surface area contributed by atoms with E-state index in [-0.39, 0.29) is 18.9 Å². The first kappa shape index (κ1) is 12.0. The van der Waals surface area contributed by atoms with E-state index in [1.165, 1.54) is 6.92 Å². The maximum atomic E-state index is 10.8. The Morgan fingerprint density at radius 3 is 2.44 bits per heavy atom. The number of ether oxygens (including phenoxy) is 1. The highest BCUT2D eigenvalue weighted by molar-refractivity contribution is 5.88. The minimum atomic E-state index is -0.394. The quantitative estimate of drug-likeness (QED) is 0.776. The topological polar surface area (TPSA) is 81.4 Å². The van der Waals surface area contributed by atoms with Gasteiger partial charge >= 0.3 is 0 Å². The van der Waals surface area contributed by atoms with Crippen molar-refractivity contribution >= 4 is 17.5 Å². The second-order valence-corrected chi connectivity index (χ2v) is 3.27. The Hall–Kier alpha value is -2.04. The van der Waals surface area contributed by atoms with Crippen molar-refractivity contribution in [3.05, 3.63) is 24.3 Å². The van der Waals surface area contributed by atoms with E-state index < -0.39 is 5.91 Å². The number of hydrogen-bond donors (Lipinski definition) is 2. The lowest BCUT2D eigenvalue weighted by Crippen LogP contribution is -2.14. The molecule has 0 spiro atoms. The van der Waals surface area contributed by atoms with Crippen molar-refractivity contribution in [2.45, 2.75) is 13.3 Å². The largest absolute Gasteiger partial charge is 0.493 e. The molecule has 1 rings (SSSR count). The standard InChI is InChI=1S/C11H14N2O3/c1-8(14)13-9-2-4-10(5-3-9)16-7-6-11(12)15/h2-5H,6-7H2,1H3,(H2,12,15)(H,13,14). The van der Waals surface area contributed by atoms with Crippen molar-refractivity contribution in [1.82, 2.24) is 0 Å². The third-order valence-electron chi connectivity index (χ3n) is 1.79. The number of nitrogens with two attached hydrogens (primary N) is 1. The Labute approximate surface area is 93.6 Å². The zero-order chi connectivity index (χ0) is 12.0. The summed E-state index contributed by atoms with van der Waals surface area (Å²) in [7, 11) is 0. The maximum Gasteiger partial charge on any atom is 0.221 e. The van der Waals surface area contributed by atoms with Gasteiger partial charge < -0.3 is 15.8 Å². The van der Waals surface area contributed by atoms with E-state index in [1.54, 1.807) is 24.3 Å². The molecule has 5 heteroatoms. The van der Waals surface area contributed by atoms with E-state index in [0.29, 0.717) is 11.4 Å². The fourth-order valence-corrected chi connectivity index (χ4v) is 1.11. The van der Waals surface area contributed by atoms with Crippen LogP contribution in [-0.2, 0) is 9.59 Å². The molecule has 0 saturated carbocycles. The molecule has 0 aromatic heterocycles. The molecule has 0 bridgehead atoms. The molecule has 3 N–H and O–H groups in total. The number of rotatable bonds is 5. The highest BCUT2D eigenvalue weighted by atomic mass is 16.5. The number of nitrogens with one attached hydrogen (secondary N) is 1. The summed E-state index contributed by atoms with van der Waals surface area (Å²) in [5.41, 5.74) is 5.67. The van der Waals surface area contributed by atoms with Gasteiger partial charge in [-0.2, -0.15) is 0 Å². The van der Waals surface area contributed by atoms with Crippen molar-refractivity contribution < 1.29 is 14.3 Å². The summed E-state index contributed by atoms with van der Waals surface area (Å²) in [6.45, 7) is 1.70. The van der Waals surface area contributed by atoms with Crippen molar-refractivity contribution in [3.63, 3.8) is 0 Å². The number of primary amides is 1. The lowest BCUT2D eigenvalue weighted by molar-refractivity contribution is -0.118. The van der Waals surface area contributed by atoms with Gasteiger partial charge in [0.25, 0.3) is 0 Å². The van der Waals surface area contributed by atoms with Crippen LogP contribution in [-0.4, -0.2) is 18.4 Å². The molecule has 86 valence electrons. The summed E-state index contributed by atoms with van der Waals surface area (Å²) in [6.07, 6.45) is 0.188. The first-order valence-corrected chi connectivity index (χ1v) is 4.86. The van der Waals surface area contributed by atoms with Crippen LogP contribution in [0.15, 0.2) is 24.3 Å². The molecular weight excluding hydrogens is 208 g/mol. The van der Waals surface area contributed by atoms with Crippen LogP contribution in [0.25, 0.3) is 0 Å². The average molecular weight is 222 g/mol. The van der Waals surface area contributed by atoms with Gasteiger partial charge in [-0.1, -0.05) is 0 Å². The number of benzene rings is 1. The van der Waals surface area contributed by atoms with Crippen LogP contribution in [0.4, 0.5) is 5.69 Å². The van der Waals surface area contributed by atoms with Gasteiger partial charge in [-0.05, 0) is 24.3 Å². The number of amides is 2. The van der Waals surface area contributed by atoms with E-state index in [2.05, 4.69) is 5.32 Å². The van der Waals surface area contributed by atoms with Crippen LogP contribution < -0.4 is 15.8 Å². The van der Waals surface area contributed by atoms with Crippen molar-refractivity contribution in [2.24, 2.45) is 5.73 Å². The second-order valence-electron chi connectivity index (χ2n) is 3.27. The van der Waals surface area contributed by atoms with Gasteiger partial charge in [0.15, 0.2) is 0 Å². The minimum absolute atomic E-state index is 0.123. The Morgan fingerprint density at radius 2 is 1.94 bits per heavy atom. The number of hydrogen-bond acceptors (Lipinski definition) is 3. The minimum Gasteiger partial charge on any atom is -0.493 e. The molecule has 0 heterocycles. The van der Waals surface area contributed by atoms with Crippen LogP contribution in [0.3, 0.4) is 0 Å². The first-order valence-electron chi connectivity index (χ1n) is 4.86. The molecule has 2 amide bonds. The van der Waals surface area contributed by atoms with Crippen LogP contribution >= 0.6 is 0 Å². The Kier molecular flexibility index (Phi) is 4.32. The van der Waals surface area contributed by atoms with Crippen LogP contribution in [0.1, 0.15) is 13.3 Å². The van der Waals surface area contributed by atoms with Gasteiger partial charge in [0.05, 0.1) is 13.0 Å². The van der Waals surface area contributed by atoms with Gasteiger partial charge in [0, 0.05) is 12.6 Å². The van der Waals surface area contributed by atoms with E-state index >= 15 is 0 Å². The number of carbonyl (C=O) groups excluding carboxylic acids is 2. The zero-order valence-electron chi connectivity index (χ0n) is 9.03. The van der Waals surface area contributed by atoms with Crippen molar-refractivity contribution in [1.29, 1.82) is 0 Å². The molecule has 1 aromatic carbocycles. The number of carbonyl (C=O) groups is 2. The highest BCUT2D eigenvalue weighted by Crippen LogP contribution is 2.15. The predicted molar refractivity (Wildman–Crippen MR) is 60.1 cm³/mol. The summed E-state index contributed by atoms with van der Waals surface area (Å²) in [5, 5.41) is 2.64. The van der Waals surface area contributed by atoms with Gasteiger partial charge in [0.1, 0.15) is 5.75 Å². The highest BCUT2D eigenvalue weighted by Gasteiger charge is 1.98. The van der Waals surface area contributed by atoms with Crippen LogP contribution in [0.5, 0.6) is 5.75 Å². The Balaban J connectivity index is 2.45. The predicted octanol–water partition coefficient (Wildman–Crippen LogP) is 0.899. The van der Waals surface area contributed by atoms with Crippen LogP contribution in [0, 0.1) is 0 Å². The summed E-state index contributed by atoms with van der Waals surface area (Å²) in [5.74, 6) is 0.118. The van der Waals surface area contributed by atoms with E-state index in [4.69, 9.17) is 10.5 Å². The first-order chi connectivity index (χ1) is 7.58. The molecule has 1 aromatic rings. The zero-order valence-corrected chi connectivity index (χ0v) is 9.03. The van der Waals surface area contributed by atoms with E-state index in [0.717, 1.165) is 0 Å². The molecule has 0 fully saturated rings. The summed E-state index contributed by atoms with van der Waals surface area (Å²) in [6, 6.07) is 6.88. The molecule has 0 radical (unpaired) electrons. The Morgan fingerprint density at radius 1 is 1.31 bits per heavy atom. The second kappa shape index (κ2) is 5.75.